The third-order valence-corrected chi connectivity index (χ3v) is 11.1. The maximum atomic E-state index is 14.1. The third-order valence-electron chi connectivity index (χ3n) is 11.1. The summed E-state index contributed by atoms with van der Waals surface area (Å²) in [5.74, 6) is -10.5. The molecule has 1 spiro atoms. The van der Waals surface area contributed by atoms with Gasteiger partial charge < -0.3 is 47.7 Å². The highest BCUT2D eigenvalue weighted by molar-refractivity contribution is 5.90. The van der Waals surface area contributed by atoms with Crippen LogP contribution in [0.5, 0.6) is 0 Å². The van der Waals surface area contributed by atoms with Crippen LogP contribution in [0.1, 0.15) is 84.8 Å². The van der Waals surface area contributed by atoms with Gasteiger partial charge in [0, 0.05) is 47.7 Å². The average Bonchev–Trinajstić information content (AvgIpc) is 3.32. The standard InChI is InChI=1S/C38H47NO18/c1-17-12-13-25-24(11-10-14-39-25)34(47)50-15-35(8)26-27(51-19(3)41)31(54-22(6)44)37(16-49-18(2)40)32(55-23(7)45)28(52-20(4)42)30(56-33(17)46)36(9,48)38(37,57-35)29(26)53-21(5)43/h10-11,14,17,26-32,48H,12-13,15-16H2,1-9H3/t17?,26?,27?,28?,29-,30+,31+,32-,35-,36-,37?,38?/m0/s1. The summed E-state index contributed by atoms with van der Waals surface area (Å²) >= 11 is 0. The molecule has 1 aromatic heterocycles. The van der Waals surface area contributed by atoms with Crippen LogP contribution in [0, 0.1) is 17.3 Å². The van der Waals surface area contributed by atoms with Gasteiger partial charge in [-0.05, 0) is 38.8 Å². The Morgan fingerprint density at radius 3 is 1.91 bits per heavy atom. The molecule has 12 atom stereocenters. The zero-order valence-electron chi connectivity index (χ0n) is 33.0. The summed E-state index contributed by atoms with van der Waals surface area (Å²) in [6, 6.07) is 2.95. The van der Waals surface area contributed by atoms with Crippen molar-refractivity contribution in [3.8, 4) is 0 Å². The lowest BCUT2D eigenvalue weighted by Crippen LogP contribution is -2.89. The molecule has 3 heterocycles. The Hall–Kier alpha value is -5.17. The van der Waals surface area contributed by atoms with E-state index in [2.05, 4.69) is 4.98 Å². The lowest BCUT2D eigenvalue weighted by molar-refractivity contribution is -0.386. The van der Waals surface area contributed by atoms with Gasteiger partial charge >= 0.3 is 47.8 Å². The van der Waals surface area contributed by atoms with Crippen molar-refractivity contribution in [3.63, 3.8) is 0 Å². The Morgan fingerprint density at radius 1 is 0.807 bits per heavy atom. The molecule has 0 aromatic carbocycles. The van der Waals surface area contributed by atoms with E-state index in [1.54, 1.807) is 0 Å². The monoisotopic (exact) mass is 805 g/mol. The molecule has 0 amide bonds. The van der Waals surface area contributed by atoms with Crippen molar-refractivity contribution in [3.05, 3.63) is 29.6 Å². The molecule has 1 aromatic rings. The SMILES string of the molecule is CC(=O)OCC12[C@H](OC(C)=O)C(OC(C)=O)C3[C@H](OC(C)=O)C14O[C@@]3(C)COC(=O)c1cccnc1CCC(C)C(=O)O[C@H](C(OC(C)=O)[C@@H]2OC(C)=O)[C@]4(C)O. The summed E-state index contributed by atoms with van der Waals surface area (Å²) in [5.41, 5.74) is -9.87. The number of aryl methyl sites for hydroxylation is 1. The number of nitrogens with zero attached hydrogens (tertiary/aromatic N) is 1. The largest absolute Gasteiger partial charge is 0.465 e. The Labute approximate surface area is 327 Å². The molecule has 312 valence electrons. The zero-order chi connectivity index (χ0) is 42.4. The molecule has 2 aliphatic heterocycles. The highest BCUT2D eigenvalue weighted by Crippen LogP contribution is 2.70. The Bertz CT molecular complexity index is 1840. The van der Waals surface area contributed by atoms with E-state index in [4.69, 9.17) is 42.6 Å². The summed E-state index contributed by atoms with van der Waals surface area (Å²) in [6.45, 7) is 8.15. The summed E-state index contributed by atoms with van der Waals surface area (Å²) in [6.07, 6.45) is -10.3. The summed E-state index contributed by atoms with van der Waals surface area (Å²) in [7, 11) is 0. The molecule has 3 fully saturated rings. The van der Waals surface area contributed by atoms with Crippen LogP contribution >= 0.6 is 0 Å². The van der Waals surface area contributed by atoms with Gasteiger partial charge in [0.25, 0.3) is 0 Å². The van der Waals surface area contributed by atoms with Crippen molar-refractivity contribution in [2.24, 2.45) is 17.3 Å². The van der Waals surface area contributed by atoms with Crippen molar-refractivity contribution in [2.75, 3.05) is 13.2 Å². The number of fused-ring (bicyclic) bond motifs is 5. The number of carbonyl (C=O) groups is 8. The Balaban J connectivity index is 1.99. The van der Waals surface area contributed by atoms with Gasteiger partial charge in [-0.15, -0.1) is 0 Å². The van der Waals surface area contributed by atoms with E-state index < -0.39 is 132 Å². The molecule has 4 aliphatic rings. The molecule has 2 saturated carbocycles. The number of aromatic nitrogens is 1. The van der Waals surface area contributed by atoms with Crippen LogP contribution in [0.25, 0.3) is 0 Å². The van der Waals surface area contributed by atoms with Crippen molar-refractivity contribution in [1.82, 2.24) is 4.98 Å². The van der Waals surface area contributed by atoms with E-state index in [0.717, 1.165) is 48.5 Å². The maximum absolute atomic E-state index is 14.1. The summed E-state index contributed by atoms with van der Waals surface area (Å²) < 4.78 is 54.2. The number of esters is 8. The smallest absolute Gasteiger partial charge is 0.340 e. The van der Waals surface area contributed by atoms with E-state index in [-0.39, 0.29) is 24.1 Å². The molecular weight excluding hydrogens is 758 g/mol. The van der Waals surface area contributed by atoms with E-state index in [1.165, 1.54) is 32.2 Å². The molecule has 19 nitrogen and oxygen atoms in total. The minimum Gasteiger partial charge on any atom is -0.465 e. The molecular formula is C38H47NO18. The summed E-state index contributed by atoms with van der Waals surface area (Å²) in [5, 5.41) is 13.4. The molecule has 19 heteroatoms. The van der Waals surface area contributed by atoms with Gasteiger partial charge in [-0.3, -0.25) is 38.5 Å². The fourth-order valence-electron chi connectivity index (χ4n) is 9.16. The van der Waals surface area contributed by atoms with Gasteiger partial charge in [0.2, 0.25) is 0 Å². The van der Waals surface area contributed by atoms with Gasteiger partial charge in [-0.25, -0.2) is 4.79 Å². The molecule has 1 N–H and O–H groups in total. The minimum absolute atomic E-state index is 0.0290. The number of aliphatic hydroxyl groups is 1. The van der Waals surface area contributed by atoms with Crippen LogP contribution in [0.3, 0.4) is 0 Å². The molecule has 5 rings (SSSR count). The van der Waals surface area contributed by atoms with Crippen LogP contribution in [-0.4, -0.2) is 124 Å². The number of pyridine rings is 1. The topological polar surface area (TPSA) is 253 Å². The van der Waals surface area contributed by atoms with Gasteiger partial charge in [-0.2, -0.15) is 0 Å². The lowest BCUT2D eigenvalue weighted by atomic mass is 9.45. The molecule has 6 unspecified atom stereocenters. The zero-order valence-corrected chi connectivity index (χ0v) is 33.0. The van der Waals surface area contributed by atoms with Crippen LogP contribution in [-0.2, 0) is 82.6 Å². The van der Waals surface area contributed by atoms with Crippen molar-refractivity contribution in [2.45, 2.75) is 129 Å². The molecule has 4 bridgehead atoms. The number of hydrogen-bond donors (Lipinski definition) is 1. The first-order valence-electron chi connectivity index (χ1n) is 18.3. The molecule has 57 heavy (non-hydrogen) atoms. The van der Waals surface area contributed by atoms with Crippen molar-refractivity contribution < 1.29 is 86.1 Å². The number of rotatable bonds is 7. The normalized spacial score (nSPS) is 37.1. The fourth-order valence-corrected chi connectivity index (χ4v) is 9.16. The highest BCUT2D eigenvalue weighted by atomic mass is 16.7. The van der Waals surface area contributed by atoms with Gasteiger partial charge in [0.15, 0.2) is 30.0 Å². The first-order chi connectivity index (χ1) is 26.5. The second-order valence-corrected chi connectivity index (χ2v) is 15.3. The molecule has 2 aliphatic carbocycles. The van der Waals surface area contributed by atoms with Gasteiger partial charge in [0.05, 0.1) is 23.1 Å². The third kappa shape index (κ3) is 7.30. The minimum atomic E-state index is -2.80. The van der Waals surface area contributed by atoms with Crippen LogP contribution in [0.2, 0.25) is 0 Å². The first-order valence-corrected chi connectivity index (χ1v) is 18.3. The van der Waals surface area contributed by atoms with Gasteiger partial charge in [0.1, 0.15) is 42.0 Å². The number of hydrogen-bond acceptors (Lipinski definition) is 19. The number of carbonyl (C=O) groups excluding carboxylic acids is 8. The van der Waals surface area contributed by atoms with Crippen molar-refractivity contribution >= 4 is 47.8 Å². The highest BCUT2D eigenvalue weighted by Gasteiger charge is 2.92. The summed E-state index contributed by atoms with van der Waals surface area (Å²) in [4.78, 5) is 111. The fraction of sp³-hybridized carbons (Fsp3) is 0.658. The number of cyclic esters (lactones) is 1. The quantitative estimate of drug-likeness (QED) is 0.296. The molecule has 1 saturated heterocycles. The average molecular weight is 806 g/mol. The maximum Gasteiger partial charge on any atom is 0.340 e. The second kappa shape index (κ2) is 15.6. The van der Waals surface area contributed by atoms with Gasteiger partial charge in [-0.1, -0.05) is 6.92 Å². The molecule has 0 radical (unpaired) electrons. The Kier molecular flexibility index (Phi) is 11.8. The second-order valence-electron chi connectivity index (χ2n) is 15.3. The predicted molar refractivity (Wildman–Crippen MR) is 185 cm³/mol. The van der Waals surface area contributed by atoms with Crippen LogP contribution in [0.15, 0.2) is 18.3 Å². The van der Waals surface area contributed by atoms with Crippen LogP contribution in [0.4, 0.5) is 0 Å². The first kappa shape index (κ1) is 43.0. The predicted octanol–water partition coefficient (Wildman–Crippen LogP) is 0.863. The number of ether oxygens (including phenoxy) is 9. The van der Waals surface area contributed by atoms with E-state index in [1.807, 2.05) is 0 Å². The van der Waals surface area contributed by atoms with Crippen LogP contribution < -0.4 is 0 Å². The van der Waals surface area contributed by atoms with Crippen molar-refractivity contribution in [1.29, 1.82) is 0 Å². The van der Waals surface area contributed by atoms with E-state index in [0.29, 0.717) is 0 Å². The lowest BCUT2D eigenvalue weighted by Gasteiger charge is -2.67. The van der Waals surface area contributed by atoms with E-state index >= 15 is 0 Å². The van der Waals surface area contributed by atoms with E-state index in [9.17, 15) is 43.5 Å². The Morgan fingerprint density at radius 2 is 1.35 bits per heavy atom.